The van der Waals surface area contributed by atoms with Crippen molar-refractivity contribution in [2.75, 3.05) is 18.5 Å². The number of aliphatic hydroxyl groups is 1. The molecule has 0 saturated heterocycles. The van der Waals surface area contributed by atoms with Crippen LogP contribution in [0.25, 0.3) is 0 Å². The van der Waals surface area contributed by atoms with Crippen molar-refractivity contribution in [1.82, 2.24) is 4.90 Å². The predicted octanol–water partition coefficient (Wildman–Crippen LogP) is 2.97. The SMILES string of the molecule is C#Cc1cc(F)c(NC(=O)N(CCO)Cc2ccccc2)c(F)c1. The Morgan fingerprint density at radius 2 is 1.83 bits per heavy atom. The standard InChI is InChI=1S/C18H16F2N2O2/c1-2-13-10-15(19)17(16(20)11-13)21-18(24)22(8-9-23)12-14-6-4-3-5-7-14/h1,3-7,10-11,23H,8-9,12H2,(H,21,24). The molecule has 0 aromatic heterocycles. The fraction of sp³-hybridized carbons (Fsp3) is 0.167. The Balaban J connectivity index is 2.18. The third-order valence-electron chi connectivity index (χ3n) is 3.31. The van der Waals surface area contributed by atoms with Crippen molar-refractivity contribution < 1.29 is 18.7 Å². The van der Waals surface area contributed by atoms with Gasteiger partial charge < -0.3 is 15.3 Å². The zero-order valence-corrected chi connectivity index (χ0v) is 12.8. The van der Waals surface area contributed by atoms with E-state index in [1.54, 1.807) is 12.1 Å². The van der Waals surface area contributed by atoms with E-state index >= 15 is 0 Å². The number of anilines is 1. The van der Waals surface area contributed by atoms with Gasteiger partial charge in [0, 0.05) is 18.7 Å². The molecule has 0 heterocycles. The smallest absolute Gasteiger partial charge is 0.322 e. The van der Waals surface area contributed by atoms with E-state index in [1.165, 1.54) is 4.90 Å². The van der Waals surface area contributed by atoms with Gasteiger partial charge in [-0.25, -0.2) is 13.6 Å². The van der Waals surface area contributed by atoms with Crippen LogP contribution in [0.1, 0.15) is 11.1 Å². The third kappa shape index (κ3) is 4.31. The van der Waals surface area contributed by atoms with E-state index in [4.69, 9.17) is 11.5 Å². The Bertz CT molecular complexity index is 734. The number of nitrogens with one attached hydrogen (secondary N) is 1. The largest absolute Gasteiger partial charge is 0.395 e. The minimum atomic E-state index is -0.958. The summed E-state index contributed by atoms with van der Waals surface area (Å²) in [4.78, 5) is 13.5. The van der Waals surface area contributed by atoms with Gasteiger partial charge in [-0.3, -0.25) is 0 Å². The third-order valence-corrected chi connectivity index (χ3v) is 3.31. The summed E-state index contributed by atoms with van der Waals surface area (Å²) in [6, 6.07) is 10.3. The molecule has 2 N–H and O–H groups in total. The van der Waals surface area contributed by atoms with Crippen LogP contribution in [0.4, 0.5) is 19.3 Å². The highest BCUT2D eigenvalue weighted by atomic mass is 19.1. The quantitative estimate of drug-likeness (QED) is 0.828. The summed E-state index contributed by atoms with van der Waals surface area (Å²) in [5.41, 5.74) is 0.291. The number of carbonyl (C=O) groups excluding carboxylic acids is 1. The molecule has 0 aliphatic rings. The van der Waals surface area contributed by atoms with Gasteiger partial charge in [0.1, 0.15) is 5.69 Å². The summed E-state index contributed by atoms with van der Waals surface area (Å²) < 4.78 is 27.8. The van der Waals surface area contributed by atoms with Crippen molar-refractivity contribution in [3.8, 4) is 12.3 Å². The van der Waals surface area contributed by atoms with E-state index in [-0.39, 0.29) is 25.3 Å². The van der Waals surface area contributed by atoms with Crippen molar-refractivity contribution >= 4 is 11.7 Å². The first-order chi connectivity index (χ1) is 11.5. The molecule has 0 fully saturated rings. The van der Waals surface area contributed by atoms with Crippen molar-refractivity contribution in [2.45, 2.75) is 6.54 Å². The first kappa shape index (κ1) is 17.4. The first-order valence-electron chi connectivity index (χ1n) is 7.21. The number of amides is 2. The van der Waals surface area contributed by atoms with Crippen LogP contribution >= 0.6 is 0 Å². The van der Waals surface area contributed by atoms with Gasteiger partial charge in [0.2, 0.25) is 0 Å². The Hall–Kier alpha value is -2.91. The normalized spacial score (nSPS) is 10.1. The van der Waals surface area contributed by atoms with Crippen molar-refractivity contribution in [2.24, 2.45) is 0 Å². The molecule has 0 atom stereocenters. The molecule has 0 radical (unpaired) electrons. The van der Waals surface area contributed by atoms with Gasteiger partial charge in [-0.15, -0.1) is 6.42 Å². The van der Waals surface area contributed by atoms with E-state index in [0.29, 0.717) is 0 Å². The van der Waals surface area contributed by atoms with Crippen LogP contribution in [0.3, 0.4) is 0 Å². The second-order valence-electron chi connectivity index (χ2n) is 5.02. The molecule has 24 heavy (non-hydrogen) atoms. The summed E-state index contributed by atoms with van der Waals surface area (Å²) in [5.74, 6) is 0.212. The molecule has 0 unspecified atom stereocenters. The van der Waals surface area contributed by atoms with Crippen LogP contribution in [0.2, 0.25) is 0 Å². The maximum atomic E-state index is 13.9. The summed E-state index contributed by atoms with van der Waals surface area (Å²) >= 11 is 0. The highest BCUT2D eigenvalue weighted by Crippen LogP contribution is 2.21. The molecule has 2 amide bonds. The summed E-state index contributed by atoms with van der Waals surface area (Å²) in [5, 5.41) is 11.3. The van der Waals surface area contributed by atoms with Crippen LogP contribution in [0.5, 0.6) is 0 Å². The molecule has 0 aliphatic carbocycles. The van der Waals surface area contributed by atoms with Gasteiger partial charge in [-0.1, -0.05) is 36.3 Å². The topological polar surface area (TPSA) is 52.6 Å². The van der Waals surface area contributed by atoms with Gasteiger partial charge in [0.05, 0.1) is 6.61 Å². The maximum absolute atomic E-state index is 13.9. The number of terminal acetylenes is 1. The summed E-state index contributed by atoms with van der Waals surface area (Å²) in [6.07, 6.45) is 5.11. The second kappa shape index (κ2) is 8.09. The lowest BCUT2D eigenvalue weighted by Crippen LogP contribution is -2.37. The monoisotopic (exact) mass is 330 g/mol. The fourth-order valence-corrected chi connectivity index (χ4v) is 2.14. The van der Waals surface area contributed by atoms with E-state index in [0.717, 1.165) is 17.7 Å². The molecular formula is C18H16F2N2O2. The molecule has 0 saturated carbocycles. The molecule has 0 aliphatic heterocycles. The van der Waals surface area contributed by atoms with Crippen molar-refractivity contribution in [3.05, 3.63) is 65.2 Å². The first-order valence-corrected chi connectivity index (χ1v) is 7.21. The predicted molar refractivity (Wildman–Crippen MR) is 87.2 cm³/mol. The zero-order valence-electron chi connectivity index (χ0n) is 12.8. The lowest BCUT2D eigenvalue weighted by molar-refractivity contribution is 0.185. The number of hydrogen-bond acceptors (Lipinski definition) is 2. The minimum Gasteiger partial charge on any atom is -0.395 e. The van der Waals surface area contributed by atoms with Crippen LogP contribution in [-0.2, 0) is 6.54 Å². The minimum absolute atomic E-state index is 0.0202. The van der Waals surface area contributed by atoms with Crippen molar-refractivity contribution in [3.63, 3.8) is 0 Å². The highest BCUT2D eigenvalue weighted by Gasteiger charge is 2.18. The number of aliphatic hydroxyl groups excluding tert-OH is 1. The number of halogens is 2. The van der Waals surface area contributed by atoms with Crippen LogP contribution < -0.4 is 5.32 Å². The average Bonchev–Trinajstić information content (AvgIpc) is 2.58. The molecule has 0 spiro atoms. The number of urea groups is 1. The number of nitrogens with zero attached hydrogens (tertiary/aromatic N) is 1. The average molecular weight is 330 g/mol. The van der Waals surface area contributed by atoms with Gasteiger partial charge >= 0.3 is 6.03 Å². The van der Waals surface area contributed by atoms with Crippen LogP contribution in [0.15, 0.2) is 42.5 Å². The molecule has 4 nitrogen and oxygen atoms in total. The van der Waals surface area contributed by atoms with Gasteiger partial charge in [-0.05, 0) is 17.7 Å². The second-order valence-corrected chi connectivity index (χ2v) is 5.02. The summed E-state index contributed by atoms with van der Waals surface area (Å²) in [7, 11) is 0. The maximum Gasteiger partial charge on any atom is 0.322 e. The Labute approximate surface area is 138 Å². The molecule has 2 aromatic carbocycles. The number of benzene rings is 2. The Kier molecular flexibility index (Phi) is 5.88. The van der Waals surface area contributed by atoms with Crippen LogP contribution in [-0.4, -0.2) is 29.2 Å². The molecule has 124 valence electrons. The van der Waals surface area contributed by atoms with E-state index in [1.807, 2.05) is 18.2 Å². The van der Waals surface area contributed by atoms with Gasteiger partial charge in [-0.2, -0.15) is 0 Å². The number of carbonyl (C=O) groups is 1. The highest BCUT2D eigenvalue weighted by molar-refractivity contribution is 5.89. The fourth-order valence-electron chi connectivity index (χ4n) is 2.14. The molecule has 2 rings (SSSR count). The zero-order chi connectivity index (χ0) is 17.5. The molecule has 6 heteroatoms. The van der Waals surface area contributed by atoms with Crippen LogP contribution in [0, 0.1) is 24.0 Å². The lowest BCUT2D eigenvalue weighted by Gasteiger charge is -2.22. The van der Waals surface area contributed by atoms with Gasteiger partial charge in [0.15, 0.2) is 11.6 Å². The van der Waals surface area contributed by atoms with E-state index in [2.05, 4.69) is 11.2 Å². The number of hydrogen-bond donors (Lipinski definition) is 2. The Morgan fingerprint density at radius 3 is 2.38 bits per heavy atom. The summed E-state index contributed by atoms with van der Waals surface area (Å²) in [6.45, 7) is -0.0629. The molecular weight excluding hydrogens is 314 g/mol. The van der Waals surface area contributed by atoms with Gasteiger partial charge in [0.25, 0.3) is 0 Å². The lowest BCUT2D eigenvalue weighted by atomic mass is 10.2. The van der Waals surface area contributed by atoms with E-state index < -0.39 is 23.4 Å². The Morgan fingerprint density at radius 1 is 1.21 bits per heavy atom. The molecule has 2 aromatic rings. The van der Waals surface area contributed by atoms with Crippen molar-refractivity contribution in [1.29, 1.82) is 0 Å². The molecule has 0 bridgehead atoms. The number of rotatable bonds is 5. The van der Waals surface area contributed by atoms with E-state index in [9.17, 15) is 13.6 Å².